The van der Waals surface area contributed by atoms with Gasteiger partial charge in [-0.05, 0) is 18.6 Å². The summed E-state index contributed by atoms with van der Waals surface area (Å²) in [5.41, 5.74) is 1.58. The Kier molecular flexibility index (Phi) is 1.63. The summed E-state index contributed by atoms with van der Waals surface area (Å²) >= 11 is 5.48. The molecule has 0 spiro atoms. The van der Waals surface area contributed by atoms with Crippen molar-refractivity contribution in [2.24, 2.45) is 0 Å². The molecular weight excluding hydrogens is 190 g/mol. The van der Waals surface area contributed by atoms with Crippen LogP contribution < -0.4 is 0 Å². The van der Waals surface area contributed by atoms with E-state index in [1.165, 1.54) is 0 Å². The summed E-state index contributed by atoms with van der Waals surface area (Å²) in [5.74, 6) is -0.870. The van der Waals surface area contributed by atoms with E-state index in [0.29, 0.717) is 15.5 Å². The first-order valence-electron chi connectivity index (χ1n) is 3.77. The number of nitrogens with zero attached hydrogens (tertiary/aromatic N) is 1. The van der Waals surface area contributed by atoms with Crippen molar-refractivity contribution in [3.05, 3.63) is 34.9 Å². The van der Waals surface area contributed by atoms with Gasteiger partial charge in [0.15, 0.2) is 0 Å². The first kappa shape index (κ1) is 8.26. The Morgan fingerprint density at radius 3 is 2.54 bits per heavy atom. The third-order valence-electron chi connectivity index (χ3n) is 2.07. The van der Waals surface area contributed by atoms with Gasteiger partial charge in [-0.2, -0.15) is 4.42 Å². The Morgan fingerprint density at radius 2 is 1.92 bits per heavy atom. The van der Waals surface area contributed by atoms with Crippen molar-refractivity contribution in [1.82, 2.24) is 4.42 Å². The molecule has 0 unspecified atom stereocenters. The fraction of sp³-hybridized carbons (Fsp3) is 0.111. The van der Waals surface area contributed by atoms with Gasteiger partial charge in [-0.3, -0.25) is 9.59 Å². The van der Waals surface area contributed by atoms with Crippen molar-refractivity contribution in [2.45, 2.75) is 6.92 Å². The van der Waals surface area contributed by atoms with Crippen LogP contribution in [-0.2, 0) is 0 Å². The number of rotatable bonds is 0. The number of benzene rings is 1. The number of imide groups is 1. The van der Waals surface area contributed by atoms with Gasteiger partial charge in [-0.1, -0.05) is 12.1 Å². The highest BCUT2D eigenvalue weighted by Crippen LogP contribution is 2.26. The van der Waals surface area contributed by atoms with Gasteiger partial charge in [0.05, 0.1) is 11.1 Å². The molecule has 0 saturated heterocycles. The molecular formula is C9H6ClNO2. The van der Waals surface area contributed by atoms with Gasteiger partial charge in [0, 0.05) is 11.8 Å². The number of amides is 2. The molecule has 13 heavy (non-hydrogen) atoms. The second-order valence-electron chi connectivity index (χ2n) is 2.89. The minimum atomic E-state index is -0.439. The van der Waals surface area contributed by atoms with Crippen molar-refractivity contribution in [2.75, 3.05) is 0 Å². The predicted molar refractivity (Wildman–Crippen MR) is 47.5 cm³/mol. The molecule has 1 aromatic carbocycles. The zero-order valence-corrected chi connectivity index (χ0v) is 7.63. The zero-order valence-electron chi connectivity index (χ0n) is 6.87. The normalized spacial score (nSPS) is 15.1. The van der Waals surface area contributed by atoms with E-state index in [9.17, 15) is 9.59 Å². The lowest BCUT2D eigenvalue weighted by molar-refractivity contribution is 0.0767. The summed E-state index contributed by atoms with van der Waals surface area (Å²) in [7, 11) is 0. The third kappa shape index (κ3) is 0.971. The van der Waals surface area contributed by atoms with Crippen LogP contribution in [0.1, 0.15) is 26.3 Å². The molecule has 0 saturated carbocycles. The van der Waals surface area contributed by atoms with Crippen LogP contribution in [0.15, 0.2) is 18.2 Å². The van der Waals surface area contributed by atoms with Crippen molar-refractivity contribution < 1.29 is 9.59 Å². The van der Waals surface area contributed by atoms with Crippen LogP contribution in [0.4, 0.5) is 0 Å². The van der Waals surface area contributed by atoms with Gasteiger partial charge in [0.25, 0.3) is 11.8 Å². The fourth-order valence-electron chi connectivity index (χ4n) is 1.43. The molecule has 1 aromatic rings. The molecule has 0 aromatic heterocycles. The summed E-state index contributed by atoms with van der Waals surface area (Å²) < 4.78 is 0.623. The van der Waals surface area contributed by atoms with Crippen LogP contribution in [-0.4, -0.2) is 16.2 Å². The first-order chi connectivity index (χ1) is 6.13. The van der Waals surface area contributed by atoms with Crippen LogP contribution in [0.25, 0.3) is 0 Å². The van der Waals surface area contributed by atoms with Gasteiger partial charge in [0.1, 0.15) is 0 Å². The smallest absolute Gasteiger partial charge is 0.267 e. The van der Waals surface area contributed by atoms with Gasteiger partial charge in [0.2, 0.25) is 0 Å². The first-order valence-corrected chi connectivity index (χ1v) is 4.11. The summed E-state index contributed by atoms with van der Waals surface area (Å²) in [6.07, 6.45) is 0. The molecule has 0 aliphatic carbocycles. The van der Waals surface area contributed by atoms with E-state index in [1.807, 2.05) is 0 Å². The van der Waals surface area contributed by atoms with E-state index in [1.54, 1.807) is 25.1 Å². The van der Waals surface area contributed by atoms with Crippen molar-refractivity contribution in [1.29, 1.82) is 0 Å². The average molecular weight is 196 g/mol. The fourth-order valence-corrected chi connectivity index (χ4v) is 1.60. The van der Waals surface area contributed by atoms with Crippen LogP contribution in [0.2, 0.25) is 0 Å². The number of hydrogen-bond acceptors (Lipinski definition) is 2. The second kappa shape index (κ2) is 2.57. The van der Waals surface area contributed by atoms with Crippen LogP contribution in [0, 0.1) is 6.92 Å². The number of aryl methyl sites for hydroxylation is 1. The summed E-state index contributed by atoms with van der Waals surface area (Å²) in [5, 5.41) is 0. The lowest BCUT2D eigenvalue weighted by atomic mass is 10.0. The van der Waals surface area contributed by atoms with Gasteiger partial charge in [-0.15, -0.1) is 0 Å². The molecule has 4 heteroatoms. The number of fused-ring (bicyclic) bond motifs is 1. The molecule has 0 N–H and O–H groups in total. The number of carbonyl (C=O) groups is 2. The summed E-state index contributed by atoms with van der Waals surface area (Å²) in [6, 6.07) is 5.11. The van der Waals surface area contributed by atoms with Crippen molar-refractivity contribution in [3.8, 4) is 0 Å². The molecule has 0 atom stereocenters. The lowest BCUT2D eigenvalue weighted by Crippen LogP contribution is -2.18. The number of hydrogen-bond donors (Lipinski definition) is 0. The van der Waals surface area contributed by atoms with Gasteiger partial charge in [-0.25, -0.2) is 0 Å². The molecule has 2 rings (SSSR count). The van der Waals surface area contributed by atoms with E-state index >= 15 is 0 Å². The Labute approximate surface area is 80.0 Å². The van der Waals surface area contributed by atoms with Crippen LogP contribution >= 0.6 is 11.8 Å². The van der Waals surface area contributed by atoms with E-state index in [4.69, 9.17) is 11.8 Å². The van der Waals surface area contributed by atoms with E-state index < -0.39 is 11.8 Å². The van der Waals surface area contributed by atoms with Gasteiger partial charge >= 0.3 is 0 Å². The topological polar surface area (TPSA) is 37.4 Å². The molecule has 0 bridgehead atoms. The summed E-state index contributed by atoms with van der Waals surface area (Å²) in [4.78, 5) is 22.7. The average Bonchev–Trinajstić information content (AvgIpc) is 2.33. The van der Waals surface area contributed by atoms with Crippen molar-refractivity contribution >= 4 is 23.6 Å². The highest BCUT2D eigenvalue weighted by atomic mass is 35.5. The Hall–Kier alpha value is -1.35. The lowest BCUT2D eigenvalue weighted by Gasteiger charge is -1.99. The predicted octanol–water partition coefficient (Wildman–Crippen LogP) is 1.74. The molecule has 0 radical (unpaired) electrons. The van der Waals surface area contributed by atoms with Crippen molar-refractivity contribution in [3.63, 3.8) is 0 Å². The Bertz CT molecular complexity index is 414. The van der Waals surface area contributed by atoms with E-state index in [2.05, 4.69) is 0 Å². The molecule has 2 amide bonds. The molecule has 66 valence electrons. The van der Waals surface area contributed by atoms with Crippen LogP contribution in [0.5, 0.6) is 0 Å². The van der Waals surface area contributed by atoms with E-state index in [-0.39, 0.29) is 0 Å². The number of carbonyl (C=O) groups excluding carboxylic acids is 2. The largest absolute Gasteiger partial charge is 0.276 e. The highest BCUT2D eigenvalue weighted by molar-refractivity contribution is 6.39. The third-order valence-corrected chi connectivity index (χ3v) is 2.38. The summed E-state index contributed by atoms with van der Waals surface area (Å²) in [6.45, 7) is 1.78. The SMILES string of the molecule is Cc1cccc2c1C(=O)N(Cl)C2=O. The highest BCUT2D eigenvalue weighted by Gasteiger charge is 2.35. The quantitative estimate of drug-likeness (QED) is 0.467. The minimum absolute atomic E-state index is 0.389. The molecule has 3 nitrogen and oxygen atoms in total. The number of halogens is 1. The maximum Gasteiger partial charge on any atom is 0.276 e. The minimum Gasteiger partial charge on any atom is -0.267 e. The monoisotopic (exact) mass is 195 g/mol. The van der Waals surface area contributed by atoms with Gasteiger partial charge < -0.3 is 0 Å². The van der Waals surface area contributed by atoms with E-state index in [0.717, 1.165) is 5.56 Å². The molecule has 0 fully saturated rings. The standard InChI is InChI=1S/C9H6ClNO2/c1-5-3-2-4-6-7(5)9(13)11(10)8(6)12/h2-4H,1H3. The Morgan fingerprint density at radius 1 is 1.23 bits per heavy atom. The van der Waals surface area contributed by atoms with Crippen LogP contribution in [0.3, 0.4) is 0 Å². The molecule has 1 heterocycles. The molecule has 1 aliphatic rings. The second-order valence-corrected chi connectivity index (χ2v) is 3.23. The molecule has 1 aliphatic heterocycles. The maximum atomic E-state index is 11.4. The zero-order chi connectivity index (χ0) is 9.59. The Balaban J connectivity index is 2.74. The maximum absolute atomic E-state index is 11.4.